The van der Waals surface area contributed by atoms with Crippen LogP contribution in [-0.2, 0) is 17.7 Å². The minimum atomic E-state index is -0.493. The normalized spacial score (nSPS) is 19.2. The van der Waals surface area contributed by atoms with E-state index >= 15 is 0 Å². The number of nitrogens with zero attached hydrogens (tertiary/aromatic N) is 2. The van der Waals surface area contributed by atoms with E-state index in [0.29, 0.717) is 13.2 Å². The number of hydrogen-bond acceptors (Lipinski definition) is 6. The third-order valence-corrected chi connectivity index (χ3v) is 6.26. The van der Waals surface area contributed by atoms with Gasteiger partial charge in [0.1, 0.15) is 18.5 Å². The topological polar surface area (TPSA) is 45.2 Å². The summed E-state index contributed by atoms with van der Waals surface area (Å²) in [6, 6.07) is 16.7. The number of hydrogen-bond donors (Lipinski definition) is 1. The van der Waals surface area contributed by atoms with Gasteiger partial charge in [0.2, 0.25) is 0 Å². The molecule has 2 aliphatic heterocycles. The van der Waals surface area contributed by atoms with Crippen LogP contribution in [-0.4, -0.2) is 66.4 Å². The summed E-state index contributed by atoms with van der Waals surface area (Å²) in [6.45, 7) is 6.35. The first-order valence-corrected chi connectivity index (χ1v) is 10.7. The van der Waals surface area contributed by atoms with Gasteiger partial charge in [0.15, 0.2) is 0 Å². The van der Waals surface area contributed by atoms with Crippen molar-refractivity contribution in [2.45, 2.75) is 24.0 Å². The third-order valence-electron chi connectivity index (χ3n) is 5.15. The van der Waals surface area contributed by atoms with Crippen molar-refractivity contribution in [1.82, 2.24) is 9.21 Å². The molecule has 0 amide bonds. The largest absolute Gasteiger partial charge is 0.491 e. The van der Waals surface area contributed by atoms with Gasteiger partial charge in [-0.25, -0.2) is 4.31 Å². The van der Waals surface area contributed by atoms with Crippen LogP contribution in [0, 0.1) is 0 Å². The molecular weight excluding hydrogens is 372 g/mol. The molecule has 2 heterocycles. The Kier molecular flexibility index (Phi) is 6.88. The molecule has 0 saturated carbocycles. The molecule has 0 aliphatic carbocycles. The fraction of sp³-hybridized carbons (Fsp3) is 0.455. The molecule has 2 aromatic rings. The fourth-order valence-corrected chi connectivity index (χ4v) is 4.52. The van der Waals surface area contributed by atoms with Crippen molar-refractivity contribution in [2.24, 2.45) is 0 Å². The van der Waals surface area contributed by atoms with E-state index in [-0.39, 0.29) is 0 Å². The number of β-amino-alcohol motifs (C(OH)–C–C–N with tert-alkyl or cyclic N) is 1. The van der Waals surface area contributed by atoms with Crippen molar-refractivity contribution in [3.63, 3.8) is 0 Å². The molecule has 1 fully saturated rings. The van der Waals surface area contributed by atoms with Gasteiger partial charge in [-0.15, -0.1) is 0 Å². The summed E-state index contributed by atoms with van der Waals surface area (Å²) in [5, 5.41) is 10.4. The molecule has 28 heavy (non-hydrogen) atoms. The summed E-state index contributed by atoms with van der Waals surface area (Å²) in [5.41, 5.74) is 2.80. The van der Waals surface area contributed by atoms with E-state index in [2.05, 4.69) is 45.6 Å². The molecule has 1 unspecified atom stereocenters. The number of rotatable bonds is 7. The van der Waals surface area contributed by atoms with E-state index in [0.717, 1.165) is 51.6 Å². The zero-order chi connectivity index (χ0) is 19.2. The molecule has 1 N–H and O–H groups in total. The maximum Gasteiger partial charge on any atom is 0.119 e. The second-order valence-electron chi connectivity index (χ2n) is 7.32. The maximum atomic E-state index is 10.4. The average molecular weight is 401 g/mol. The molecule has 0 spiro atoms. The van der Waals surface area contributed by atoms with Crippen LogP contribution in [0.3, 0.4) is 0 Å². The molecular formula is C22H28N2O3S. The summed E-state index contributed by atoms with van der Waals surface area (Å²) in [4.78, 5) is 3.50. The lowest BCUT2D eigenvalue weighted by Gasteiger charge is -2.30. The zero-order valence-electron chi connectivity index (χ0n) is 16.1. The summed E-state index contributed by atoms with van der Waals surface area (Å²) in [6.07, 6.45) is 0.555. The van der Waals surface area contributed by atoms with E-state index in [4.69, 9.17) is 9.47 Å². The molecule has 4 rings (SSSR count). The summed E-state index contributed by atoms with van der Waals surface area (Å²) < 4.78 is 13.5. The lowest BCUT2D eigenvalue weighted by atomic mass is 10.00. The van der Waals surface area contributed by atoms with Gasteiger partial charge in [-0.05, 0) is 53.8 Å². The minimum absolute atomic E-state index is 0.314. The van der Waals surface area contributed by atoms with Crippen LogP contribution in [0.25, 0.3) is 0 Å². The summed E-state index contributed by atoms with van der Waals surface area (Å²) in [5.74, 6) is 0.800. The molecule has 2 aromatic carbocycles. The van der Waals surface area contributed by atoms with E-state index in [1.54, 1.807) is 11.9 Å². The first kappa shape index (κ1) is 19.7. The molecule has 2 aliphatic rings. The van der Waals surface area contributed by atoms with Crippen molar-refractivity contribution in [3.05, 3.63) is 59.7 Å². The highest BCUT2D eigenvalue weighted by molar-refractivity contribution is 7.97. The van der Waals surface area contributed by atoms with E-state index < -0.39 is 6.10 Å². The third kappa shape index (κ3) is 5.49. The Morgan fingerprint density at radius 2 is 1.75 bits per heavy atom. The fourth-order valence-electron chi connectivity index (χ4n) is 3.64. The lowest BCUT2D eigenvalue weighted by Crippen LogP contribution is -2.38. The minimum Gasteiger partial charge on any atom is -0.491 e. The Labute approximate surface area is 171 Å². The predicted octanol–water partition coefficient (Wildman–Crippen LogP) is 2.82. The van der Waals surface area contributed by atoms with Crippen LogP contribution in [0.5, 0.6) is 5.75 Å². The van der Waals surface area contributed by atoms with Crippen molar-refractivity contribution in [1.29, 1.82) is 0 Å². The van der Waals surface area contributed by atoms with Crippen molar-refractivity contribution >= 4 is 11.9 Å². The van der Waals surface area contributed by atoms with Gasteiger partial charge in [-0.2, -0.15) is 0 Å². The van der Waals surface area contributed by atoms with Gasteiger partial charge in [0, 0.05) is 37.6 Å². The number of benzene rings is 2. The second-order valence-corrected chi connectivity index (χ2v) is 8.49. The first-order valence-electron chi connectivity index (χ1n) is 9.97. The summed E-state index contributed by atoms with van der Waals surface area (Å²) in [7, 11) is 0. The monoisotopic (exact) mass is 400 g/mol. The highest BCUT2D eigenvalue weighted by atomic mass is 32.2. The number of aliphatic hydroxyl groups is 1. The molecule has 6 heteroatoms. The SMILES string of the molecule is OC(COc1ccc(SN2CCOCC2)cc1)CN1CCc2ccccc2C1. The molecule has 1 saturated heterocycles. The van der Waals surface area contributed by atoms with Crippen LogP contribution in [0.1, 0.15) is 11.1 Å². The van der Waals surface area contributed by atoms with Gasteiger partial charge in [0.25, 0.3) is 0 Å². The zero-order valence-corrected chi connectivity index (χ0v) is 16.9. The van der Waals surface area contributed by atoms with Gasteiger partial charge < -0.3 is 14.6 Å². The molecule has 1 atom stereocenters. The predicted molar refractivity (Wildman–Crippen MR) is 112 cm³/mol. The van der Waals surface area contributed by atoms with Gasteiger partial charge >= 0.3 is 0 Å². The Bertz CT molecular complexity index is 750. The van der Waals surface area contributed by atoms with Gasteiger partial charge in [-0.3, -0.25) is 4.90 Å². The smallest absolute Gasteiger partial charge is 0.119 e. The lowest BCUT2D eigenvalue weighted by molar-refractivity contribution is 0.0637. The number of aliphatic hydroxyl groups excluding tert-OH is 1. The number of morpholine rings is 1. The van der Waals surface area contributed by atoms with Crippen LogP contribution in [0.2, 0.25) is 0 Å². The quantitative estimate of drug-likeness (QED) is 0.721. The van der Waals surface area contributed by atoms with Crippen molar-refractivity contribution < 1.29 is 14.6 Å². The molecule has 0 bridgehead atoms. The van der Waals surface area contributed by atoms with Crippen LogP contribution in [0.4, 0.5) is 0 Å². The molecule has 5 nitrogen and oxygen atoms in total. The van der Waals surface area contributed by atoms with Crippen LogP contribution in [0.15, 0.2) is 53.4 Å². The highest BCUT2D eigenvalue weighted by Crippen LogP contribution is 2.25. The average Bonchev–Trinajstić information content (AvgIpc) is 2.74. The van der Waals surface area contributed by atoms with Gasteiger partial charge in [-0.1, -0.05) is 24.3 Å². The number of ether oxygens (including phenoxy) is 2. The van der Waals surface area contributed by atoms with Crippen LogP contribution < -0.4 is 4.74 Å². The Balaban J connectivity index is 1.21. The number of fused-ring (bicyclic) bond motifs is 1. The summed E-state index contributed by atoms with van der Waals surface area (Å²) >= 11 is 1.76. The first-order chi connectivity index (χ1) is 13.8. The van der Waals surface area contributed by atoms with Crippen LogP contribution >= 0.6 is 11.9 Å². The standard InChI is InChI=1S/C22H28N2O3S/c25-20(16-23-10-9-18-3-1-2-4-19(18)15-23)17-27-21-5-7-22(8-6-21)28-24-11-13-26-14-12-24/h1-8,20,25H,9-17H2. The Morgan fingerprint density at radius 1 is 1.00 bits per heavy atom. The second kappa shape index (κ2) is 9.76. The van der Waals surface area contributed by atoms with Crippen molar-refractivity contribution in [3.8, 4) is 5.75 Å². The maximum absolute atomic E-state index is 10.4. The molecule has 0 aromatic heterocycles. The molecule has 0 radical (unpaired) electrons. The van der Waals surface area contributed by atoms with Gasteiger partial charge in [0.05, 0.1) is 13.2 Å². The van der Waals surface area contributed by atoms with E-state index in [9.17, 15) is 5.11 Å². The van der Waals surface area contributed by atoms with E-state index in [1.165, 1.54) is 16.0 Å². The Morgan fingerprint density at radius 3 is 2.54 bits per heavy atom. The molecule has 150 valence electrons. The highest BCUT2D eigenvalue weighted by Gasteiger charge is 2.18. The Hall–Kier alpha value is -1.57. The van der Waals surface area contributed by atoms with Crippen molar-refractivity contribution in [2.75, 3.05) is 46.0 Å². The van der Waals surface area contributed by atoms with E-state index in [1.807, 2.05) is 12.1 Å².